The number of ether oxygens (including phenoxy) is 2. The Labute approximate surface area is 216 Å². The van der Waals surface area contributed by atoms with Crippen LogP contribution in [0.15, 0.2) is 24.7 Å². The van der Waals surface area contributed by atoms with Crippen LogP contribution < -0.4 is 4.74 Å². The third kappa shape index (κ3) is 4.63. The van der Waals surface area contributed by atoms with Crippen LogP contribution in [0, 0.1) is 11.2 Å². The number of likely N-dealkylation sites (tertiary alicyclic amines) is 1. The lowest BCUT2D eigenvalue weighted by Gasteiger charge is -2.44. The number of piperidine rings is 1. The van der Waals surface area contributed by atoms with Crippen LogP contribution in [0.1, 0.15) is 56.8 Å². The molecule has 2 unspecified atom stereocenters. The Kier molecular flexibility index (Phi) is 7.02. The van der Waals surface area contributed by atoms with Crippen molar-refractivity contribution in [2.75, 3.05) is 33.9 Å². The van der Waals surface area contributed by atoms with Crippen molar-refractivity contribution in [3.05, 3.63) is 41.7 Å². The second-order valence-corrected chi connectivity index (χ2v) is 10.2. The highest BCUT2D eigenvalue weighted by atomic mass is 19.1. The Hall–Kier alpha value is -3.27. The van der Waals surface area contributed by atoms with Gasteiger partial charge in [0, 0.05) is 55.2 Å². The number of fused-ring (bicyclic) bond motifs is 1. The van der Waals surface area contributed by atoms with E-state index >= 15 is 0 Å². The molecule has 0 spiro atoms. The highest BCUT2D eigenvalue weighted by molar-refractivity contribution is 5.77. The van der Waals surface area contributed by atoms with E-state index in [0.29, 0.717) is 38.2 Å². The number of carbonyl (C=O) groups is 1. The number of rotatable bonds is 7. The normalized spacial score (nSPS) is 21.0. The maximum Gasteiger partial charge on any atom is 0.250 e. The van der Waals surface area contributed by atoms with Gasteiger partial charge in [0.25, 0.3) is 0 Å². The molecule has 0 bridgehead atoms. The second-order valence-electron chi connectivity index (χ2n) is 10.2. The van der Waals surface area contributed by atoms with Gasteiger partial charge in [0.2, 0.25) is 11.8 Å². The minimum atomic E-state index is -0.536. The maximum atomic E-state index is 14.5. The van der Waals surface area contributed by atoms with Gasteiger partial charge in [-0.3, -0.25) is 9.48 Å². The molecule has 5 rings (SSSR count). The molecule has 37 heavy (non-hydrogen) atoms. The number of carbonyl (C=O) groups excluding carboxylic acids is 1. The topological polar surface area (TPSA) is 87.3 Å². The number of aromatic nitrogens is 5. The number of pyridine rings is 1. The number of nitrogens with zero attached hydrogens (tertiary/aromatic N) is 6. The zero-order valence-electron chi connectivity index (χ0n) is 22.0. The number of methoxy groups -OCH3 is 1. The van der Waals surface area contributed by atoms with Crippen molar-refractivity contribution in [2.45, 2.75) is 58.4 Å². The molecule has 3 aromatic heterocycles. The van der Waals surface area contributed by atoms with Gasteiger partial charge >= 0.3 is 0 Å². The quantitative estimate of drug-likeness (QED) is 0.478. The summed E-state index contributed by atoms with van der Waals surface area (Å²) in [5.41, 5.74) is 4.20. The molecule has 5 heterocycles. The first-order valence-electron chi connectivity index (χ1n) is 13.0. The van der Waals surface area contributed by atoms with Crippen molar-refractivity contribution in [2.24, 2.45) is 5.41 Å². The van der Waals surface area contributed by atoms with E-state index in [4.69, 9.17) is 19.7 Å². The average Bonchev–Trinajstić information content (AvgIpc) is 3.44. The number of halogens is 1. The third-order valence-electron chi connectivity index (χ3n) is 8.08. The molecule has 1 amide bonds. The smallest absolute Gasteiger partial charge is 0.250 e. The molecule has 3 aromatic rings. The van der Waals surface area contributed by atoms with Crippen LogP contribution in [0.2, 0.25) is 0 Å². The standard InChI is InChI=1S/C27H35FN6O3/c1-5-8-27(9-10-32(3)24(35)14-27)18(2)33-17-19(15-30-33)25-21-6-11-37-12-7-23(21)34(31-25)20-13-22(28)26(36-4)29-16-20/h13,15-18H,5-12,14H2,1-4H3. The van der Waals surface area contributed by atoms with Crippen LogP contribution in [0.25, 0.3) is 16.9 Å². The fraction of sp³-hybridized carbons (Fsp3) is 0.556. The highest BCUT2D eigenvalue weighted by Gasteiger charge is 2.42. The summed E-state index contributed by atoms with van der Waals surface area (Å²) in [6.07, 6.45) is 10.3. The summed E-state index contributed by atoms with van der Waals surface area (Å²) in [6, 6.07) is 1.45. The van der Waals surface area contributed by atoms with E-state index in [1.807, 2.05) is 29.0 Å². The van der Waals surface area contributed by atoms with E-state index in [0.717, 1.165) is 48.3 Å². The van der Waals surface area contributed by atoms with Crippen molar-refractivity contribution >= 4 is 5.91 Å². The Balaban J connectivity index is 1.52. The molecule has 2 aliphatic rings. The van der Waals surface area contributed by atoms with E-state index < -0.39 is 5.82 Å². The van der Waals surface area contributed by atoms with E-state index in [9.17, 15) is 9.18 Å². The van der Waals surface area contributed by atoms with E-state index in [-0.39, 0.29) is 23.2 Å². The largest absolute Gasteiger partial charge is 0.479 e. The minimum Gasteiger partial charge on any atom is -0.479 e. The molecule has 2 aliphatic heterocycles. The Bertz CT molecular complexity index is 1290. The van der Waals surface area contributed by atoms with Crippen molar-refractivity contribution < 1.29 is 18.7 Å². The first-order valence-corrected chi connectivity index (χ1v) is 13.0. The van der Waals surface area contributed by atoms with Crippen molar-refractivity contribution in [3.8, 4) is 22.8 Å². The molecule has 10 heteroatoms. The number of hydrogen-bond acceptors (Lipinski definition) is 6. The van der Waals surface area contributed by atoms with Gasteiger partial charge in [-0.15, -0.1) is 0 Å². The second kappa shape index (κ2) is 10.2. The highest BCUT2D eigenvalue weighted by Crippen LogP contribution is 2.46. The van der Waals surface area contributed by atoms with Crippen LogP contribution in [-0.4, -0.2) is 69.3 Å². The fourth-order valence-electron chi connectivity index (χ4n) is 5.85. The van der Waals surface area contributed by atoms with Crippen molar-refractivity contribution in [1.82, 2.24) is 29.4 Å². The summed E-state index contributed by atoms with van der Waals surface area (Å²) < 4.78 is 29.0. The lowest BCUT2D eigenvalue weighted by molar-refractivity contribution is -0.138. The molecule has 0 radical (unpaired) electrons. The molecule has 0 saturated carbocycles. The summed E-state index contributed by atoms with van der Waals surface area (Å²) in [6.45, 7) is 6.28. The molecule has 0 aromatic carbocycles. The van der Waals surface area contributed by atoms with E-state index in [2.05, 4.69) is 18.8 Å². The molecular weight excluding hydrogens is 475 g/mol. The molecule has 1 fully saturated rings. The van der Waals surface area contributed by atoms with Crippen LogP contribution >= 0.6 is 0 Å². The molecule has 1 saturated heterocycles. The van der Waals surface area contributed by atoms with Crippen LogP contribution in [0.5, 0.6) is 5.88 Å². The molecular formula is C27H35FN6O3. The van der Waals surface area contributed by atoms with Gasteiger partial charge < -0.3 is 14.4 Å². The van der Waals surface area contributed by atoms with Crippen LogP contribution in [0.4, 0.5) is 4.39 Å². The predicted molar refractivity (Wildman–Crippen MR) is 136 cm³/mol. The van der Waals surface area contributed by atoms with Crippen molar-refractivity contribution in [1.29, 1.82) is 0 Å². The van der Waals surface area contributed by atoms with Gasteiger partial charge in [-0.1, -0.05) is 13.3 Å². The monoisotopic (exact) mass is 510 g/mol. The summed E-state index contributed by atoms with van der Waals surface area (Å²) in [5.74, 6) is -0.385. The summed E-state index contributed by atoms with van der Waals surface area (Å²) >= 11 is 0. The maximum absolute atomic E-state index is 14.5. The molecule has 0 aliphatic carbocycles. The molecule has 9 nitrogen and oxygen atoms in total. The number of hydrogen-bond donors (Lipinski definition) is 0. The Morgan fingerprint density at radius 3 is 2.81 bits per heavy atom. The predicted octanol–water partition coefficient (Wildman–Crippen LogP) is 3.99. The van der Waals surface area contributed by atoms with Crippen molar-refractivity contribution in [3.63, 3.8) is 0 Å². The summed E-state index contributed by atoms with van der Waals surface area (Å²) in [4.78, 5) is 18.6. The van der Waals surface area contributed by atoms with Gasteiger partial charge in [-0.25, -0.2) is 14.1 Å². The zero-order chi connectivity index (χ0) is 26.2. The van der Waals surface area contributed by atoms with Crippen LogP contribution in [-0.2, 0) is 22.4 Å². The summed E-state index contributed by atoms with van der Waals surface area (Å²) in [7, 11) is 3.27. The van der Waals surface area contributed by atoms with Gasteiger partial charge in [-0.05, 0) is 26.2 Å². The fourth-order valence-corrected chi connectivity index (χ4v) is 5.85. The van der Waals surface area contributed by atoms with E-state index in [1.54, 1.807) is 10.9 Å². The third-order valence-corrected chi connectivity index (χ3v) is 8.08. The van der Waals surface area contributed by atoms with Gasteiger partial charge in [-0.2, -0.15) is 10.2 Å². The average molecular weight is 511 g/mol. The first-order chi connectivity index (χ1) is 17.9. The number of amides is 1. The summed E-state index contributed by atoms with van der Waals surface area (Å²) in [5, 5.41) is 9.68. The molecule has 0 N–H and O–H groups in total. The zero-order valence-corrected chi connectivity index (χ0v) is 22.0. The lowest BCUT2D eigenvalue weighted by Crippen LogP contribution is -2.45. The van der Waals surface area contributed by atoms with Gasteiger partial charge in [0.15, 0.2) is 5.82 Å². The lowest BCUT2D eigenvalue weighted by atomic mass is 9.69. The molecule has 198 valence electrons. The Morgan fingerprint density at radius 2 is 2.08 bits per heavy atom. The van der Waals surface area contributed by atoms with Gasteiger partial charge in [0.1, 0.15) is 0 Å². The SMILES string of the molecule is CCCC1(C(C)n2cc(-c3nn(-c4cnc(OC)c(F)c4)c4c3CCOCC4)cn2)CCN(C)C(=O)C1. The minimum absolute atomic E-state index is 0.0470. The van der Waals surface area contributed by atoms with Gasteiger partial charge in [0.05, 0.1) is 55.8 Å². The molecule has 2 atom stereocenters. The van der Waals surface area contributed by atoms with E-state index in [1.165, 1.54) is 13.2 Å². The van der Waals surface area contributed by atoms with Crippen LogP contribution in [0.3, 0.4) is 0 Å². The first kappa shape index (κ1) is 25.4. The Morgan fingerprint density at radius 1 is 1.27 bits per heavy atom.